The average molecular weight is 334 g/mol. The van der Waals surface area contributed by atoms with Gasteiger partial charge in [0.1, 0.15) is 5.75 Å². The fourth-order valence-corrected chi connectivity index (χ4v) is 3.81. The molecule has 0 spiro atoms. The first-order chi connectivity index (χ1) is 8.36. The second-order valence-corrected chi connectivity index (χ2v) is 7.53. The summed E-state index contributed by atoms with van der Waals surface area (Å²) in [6.45, 7) is 6.84. The molecule has 1 atom stereocenters. The van der Waals surface area contributed by atoms with E-state index in [1.54, 1.807) is 6.92 Å². The van der Waals surface area contributed by atoms with E-state index in [9.17, 15) is 4.57 Å². The topological polar surface area (TPSA) is 47.6 Å². The maximum absolute atomic E-state index is 12.4. The van der Waals surface area contributed by atoms with Crippen molar-refractivity contribution in [2.75, 3.05) is 13.2 Å². The minimum atomic E-state index is -3.26. The third kappa shape index (κ3) is 2.80. The highest BCUT2D eigenvalue weighted by molar-refractivity contribution is 9.10. The van der Waals surface area contributed by atoms with Crippen LogP contribution in [0.2, 0.25) is 0 Å². The second kappa shape index (κ2) is 4.97. The molecule has 4 nitrogen and oxygen atoms in total. The van der Waals surface area contributed by atoms with Gasteiger partial charge in [-0.15, -0.1) is 0 Å². The molecule has 18 heavy (non-hydrogen) atoms. The monoisotopic (exact) mass is 333 g/mol. The van der Waals surface area contributed by atoms with Crippen molar-refractivity contribution in [1.82, 2.24) is 5.09 Å². The number of benzene rings is 1. The van der Waals surface area contributed by atoms with Gasteiger partial charge >= 0.3 is 7.75 Å². The molecule has 100 valence electrons. The molecule has 0 radical (unpaired) electrons. The number of halogens is 1. The van der Waals surface area contributed by atoms with Crippen LogP contribution in [0.4, 0.5) is 0 Å². The highest BCUT2D eigenvalue weighted by atomic mass is 79.9. The molecule has 1 aromatic rings. The lowest BCUT2D eigenvalue weighted by Gasteiger charge is -2.23. The zero-order valence-corrected chi connectivity index (χ0v) is 13.2. The van der Waals surface area contributed by atoms with Crippen molar-refractivity contribution >= 4 is 23.7 Å². The van der Waals surface area contributed by atoms with Crippen LogP contribution < -0.4 is 9.61 Å². The van der Waals surface area contributed by atoms with Crippen LogP contribution in [-0.4, -0.2) is 13.2 Å². The van der Waals surface area contributed by atoms with Crippen LogP contribution >= 0.6 is 23.7 Å². The molecule has 2 rings (SSSR count). The molecule has 1 aliphatic rings. The van der Waals surface area contributed by atoms with Crippen molar-refractivity contribution in [2.24, 2.45) is 0 Å². The predicted molar refractivity (Wildman–Crippen MR) is 75.0 cm³/mol. The lowest BCUT2D eigenvalue weighted by atomic mass is 9.84. The van der Waals surface area contributed by atoms with Crippen LogP contribution in [0.3, 0.4) is 0 Å². The van der Waals surface area contributed by atoms with Gasteiger partial charge in [0.2, 0.25) is 0 Å². The van der Waals surface area contributed by atoms with Crippen molar-refractivity contribution in [3.8, 4) is 5.75 Å². The van der Waals surface area contributed by atoms with E-state index in [2.05, 4.69) is 34.9 Å². The molecule has 0 fully saturated rings. The lowest BCUT2D eigenvalue weighted by Crippen LogP contribution is -2.29. The summed E-state index contributed by atoms with van der Waals surface area (Å²) in [5.41, 5.74) is 0.856. The summed E-state index contributed by atoms with van der Waals surface area (Å²) in [6.07, 6.45) is 0. The van der Waals surface area contributed by atoms with Crippen molar-refractivity contribution in [3.05, 3.63) is 28.2 Å². The normalized spacial score (nSPS) is 26.0. The first kappa shape index (κ1) is 14.1. The molecule has 1 aromatic carbocycles. The van der Waals surface area contributed by atoms with Crippen LogP contribution in [0, 0.1) is 0 Å². The minimum Gasteiger partial charge on any atom is -0.413 e. The Kier molecular flexibility index (Phi) is 3.88. The highest BCUT2D eigenvalue weighted by Gasteiger charge is 2.37. The van der Waals surface area contributed by atoms with Gasteiger partial charge in [-0.1, -0.05) is 35.8 Å². The van der Waals surface area contributed by atoms with E-state index in [4.69, 9.17) is 9.05 Å². The van der Waals surface area contributed by atoms with E-state index in [1.165, 1.54) is 0 Å². The van der Waals surface area contributed by atoms with Crippen LogP contribution in [-0.2, 0) is 14.5 Å². The Bertz CT molecular complexity index is 504. The smallest absolute Gasteiger partial charge is 0.413 e. The van der Waals surface area contributed by atoms with Crippen molar-refractivity contribution in [2.45, 2.75) is 26.2 Å². The third-order valence-electron chi connectivity index (χ3n) is 2.91. The number of hydrogen-bond donors (Lipinski definition) is 1. The summed E-state index contributed by atoms with van der Waals surface area (Å²) in [4.78, 5) is 0. The van der Waals surface area contributed by atoms with Gasteiger partial charge in [0.05, 0.1) is 6.61 Å². The number of rotatable bonds is 2. The molecule has 1 unspecified atom stereocenters. The van der Waals surface area contributed by atoms with Crippen molar-refractivity contribution in [1.29, 1.82) is 0 Å². The minimum absolute atomic E-state index is 0.167. The second-order valence-electron chi connectivity index (χ2n) is 4.87. The molecule has 1 heterocycles. The fraction of sp³-hybridized carbons (Fsp3) is 0.500. The lowest BCUT2D eigenvalue weighted by molar-refractivity contribution is 0.270. The van der Waals surface area contributed by atoms with Gasteiger partial charge in [-0.3, -0.25) is 4.52 Å². The first-order valence-electron chi connectivity index (χ1n) is 5.86. The number of fused-ring (bicyclic) bond motifs is 1. The number of hydrogen-bond acceptors (Lipinski definition) is 3. The Labute approximate surface area is 116 Å². The Morgan fingerprint density at radius 1 is 1.56 bits per heavy atom. The molecule has 0 aliphatic carbocycles. The standard InChI is InChI=1S/C12H17BrNO3P/c1-4-16-18(15)14-8-12(2,3)10-6-5-9(13)7-11(10)17-18/h5-7H,4,8H2,1-3H3,(H,14,15). The molecule has 0 bridgehead atoms. The predicted octanol–water partition coefficient (Wildman–Crippen LogP) is 3.85. The molecule has 6 heteroatoms. The Morgan fingerprint density at radius 2 is 2.28 bits per heavy atom. The summed E-state index contributed by atoms with van der Waals surface area (Å²) in [5, 5.41) is 2.91. The van der Waals surface area contributed by atoms with E-state index in [0.29, 0.717) is 18.9 Å². The number of nitrogens with one attached hydrogen (secondary N) is 1. The average Bonchev–Trinajstić information content (AvgIpc) is 2.35. The maximum atomic E-state index is 12.4. The van der Waals surface area contributed by atoms with Crippen molar-refractivity contribution < 1.29 is 13.6 Å². The van der Waals surface area contributed by atoms with Gasteiger partial charge in [-0.2, -0.15) is 0 Å². The largest absolute Gasteiger partial charge is 0.458 e. The summed E-state index contributed by atoms with van der Waals surface area (Å²) >= 11 is 3.40. The van der Waals surface area contributed by atoms with Gasteiger partial charge in [0, 0.05) is 22.0 Å². The van der Waals surface area contributed by atoms with E-state index in [1.807, 2.05) is 18.2 Å². The van der Waals surface area contributed by atoms with E-state index in [-0.39, 0.29) is 5.41 Å². The molecule has 1 aliphatic heterocycles. The van der Waals surface area contributed by atoms with Crippen molar-refractivity contribution in [3.63, 3.8) is 0 Å². The molecule has 0 aromatic heterocycles. The zero-order chi connectivity index (χ0) is 13.4. The van der Waals surface area contributed by atoms with Gasteiger partial charge < -0.3 is 4.52 Å². The van der Waals surface area contributed by atoms with E-state index < -0.39 is 7.75 Å². The van der Waals surface area contributed by atoms with E-state index in [0.717, 1.165) is 10.0 Å². The summed E-state index contributed by atoms with van der Waals surface area (Å²) in [6, 6.07) is 5.78. The molecular weight excluding hydrogens is 317 g/mol. The Balaban J connectivity index is 2.48. The van der Waals surface area contributed by atoms with Gasteiger partial charge in [0.15, 0.2) is 0 Å². The third-order valence-corrected chi connectivity index (χ3v) is 4.98. The van der Waals surface area contributed by atoms with Crippen LogP contribution in [0.15, 0.2) is 22.7 Å². The molecular formula is C12H17BrNO3P. The van der Waals surface area contributed by atoms with Gasteiger partial charge in [-0.05, 0) is 19.1 Å². The highest BCUT2D eigenvalue weighted by Crippen LogP contribution is 2.50. The zero-order valence-electron chi connectivity index (χ0n) is 10.7. The van der Waals surface area contributed by atoms with E-state index >= 15 is 0 Å². The molecule has 1 N–H and O–H groups in total. The fourth-order valence-electron chi connectivity index (χ4n) is 1.92. The van der Waals surface area contributed by atoms with Crippen LogP contribution in [0.1, 0.15) is 26.3 Å². The first-order valence-corrected chi connectivity index (χ1v) is 8.19. The summed E-state index contributed by atoms with van der Waals surface area (Å²) < 4.78 is 24.2. The SMILES string of the molecule is CCOP1(=O)NCC(C)(C)c2ccc(Br)cc2O1. The summed E-state index contributed by atoms with van der Waals surface area (Å²) in [5.74, 6) is 0.608. The van der Waals surface area contributed by atoms with Crippen LogP contribution in [0.25, 0.3) is 0 Å². The Hall–Kier alpha value is -0.350. The summed E-state index contributed by atoms with van der Waals surface area (Å²) in [7, 11) is -3.26. The molecule has 0 saturated carbocycles. The van der Waals surface area contributed by atoms with Crippen LogP contribution in [0.5, 0.6) is 5.75 Å². The van der Waals surface area contributed by atoms with Gasteiger partial charge in [0.25, 0.3) is 0 Å². The quantitative estimate of drug-likeness (QED) is 0.835. The molecule has 0 saturated heterocycles. The molecule has 0 amide bonds. The van der Waals surface area contributed by atoms with Gasteiger partial charge in [-0.25, -0.2) is 9.65 Å². The maximum Gasteiger partial charge on any atom is 0.458 e. The Morgan fingerprint density at radius 3 is 2.94 bits per heavy atom.